The SMILES string of the molecule is O=C1OCN(C2(c3ccccc3)c3ccccc3-c3ccccc32)C1Cc1ccc2c(c1)OCO2. The van der Waals surface area contributed by atoms with Gasteiger partial charge in [0.25, 0.3) is 0 Å². The van der Waals surface area contributed by atoms with Crippen LogP contribution in [0.2, 0.25) is 0 Å². The van der Waals surface area contributed by atoms with E-state index in [0.29, 0.717) is 6.42 Å². The van der Waals surface area contributed by atoms with Gasteiger partial charge in [0.1, 0.15) is 18.3 Å². The van der Waals surface area contributed by atoms with Gasteiger partial charge in [-0.1, -0.05) is 84.9 Å². The fourth-order valence-corrected chi connectivity index (χ4v) is 5.94. The first-order valence-corrected chi connectivity index (χ1v) is 11.8. The summed E-state index contributed by atoms with van der Waals surface area (Å²) < 4.78 is 16.8. The minimum atomic E-state index is -0.651. The second kappa shape index (κ2) is 7.72. The Balaban J connectivity index is 1.42. The number of ether oxygens (including phenoxy) is 3. The number of cyclic esters (lactones) is 1. The van der Waals surface area contributed by atoms with Gasteiger partial charge >= 0.3 is 5.97 Å². The molecular weight excluding hydrogens is 438 g/mol. The molecule has 1 saturated heterocycles. The Hall–Kier alpha value is -4.09. The molecule has 0 N–H and O–H groups in total. The lowest BCUT2D eigenvalue weighted by Crippen LogP contribution is -2.51. The highest BCUT2D eigenvalue weighted by molar-refractivity contribution is 5.85. The summed E-state index contributed by atoms with van der Waals surface area (Å²) in [5.74, 6) is 1.24. The molecule has 4 aromatic carbocycles. The molecule has 2 aliphatic heterocycles. The molecule has 1 atom stereocenters. The summed E-state index contributed by atoms with van der Waals surface area (Å²) in [5, 5.41) is 0. The van der Waals surface area contributed by atoms with Gasteiger partial charge in [-0.2, -0.15) is 0 Å². The van der Waals surface area contributed by atoms with Crippen LogP contribution in [0, 0.1) is 0 Å². The lowest BCUT2D eigenvalue weighted by molar-refractivity contribution is -0.139. The van der Waals surface area contributed by atoms with E-state index in [-0.39, 0.29) is 19.5 Å². The number of nitrogens with zero attached hydrogens (tertiary/aromatic N) is 1. The van der Waals surface area contributed by atoms with Crippen LogP contribution in [0.4, 0.5) is 0 Å². The van der Waals surface area contributed by atoms with Gasteiger partial charge in [-0.15, -0.1) is 0 Å². The second-order valence-corrected chi connectivity index (χ2v) is 9.14. The Morgan fingerprint density at radius 1 is 0.743 bits per heavy atom. The van der Waals surface area contributed by atoms with Crippen molar-refractivity contribution in [1.29, 1.82) is 0 Å². The van der Waals surface area contributed by atoms with Crippen LogP contribution >= 0.6 is 0 Å². The van der Waals surface area contributed by atoms with E-state index in [1.807, 2.05) is 24.3 Å². The molecule has 5 heteroatoms. The standard InChI is InChI=1S/C30H23NO4/c32-29-26(16-20-14-15-27-28(17-20)35-19-34-27)31(18-33-29)30(21-8-2-1-3-9-21)24-12-6-4-10-22(24)23-11-5-7-13-25(23)30/h1-15,17,26H,16,18-19H2. The van der Waals surface area contributed by atoms with Crippen LogP contribution in [-0.2, 0) is 21.5 Å². The molecule has 2 heterocycles. The van der Waals surface area contributed by atoms with Gasteiger partial charge in [-0.25, -0.2) is 4.90 Å². The average Bonchev–Trinajstić information content (AvgIpc) is 3.60. The maximum Gasteiger partial charge on any atom is 0.325 e. The lowest BCUT2D eigenvalue weighted by atomic mass is 9.78. The van der Waals surface area contributed by atoms with Crippen molar-refractivity contribution in [3.63, 3.8) is 0 Å². The van der Waals surface area contributed by atoms with Crippen LogP contribution < -0.4 is 9.47 Å². The van der Waals surface area contributed by atoms with E-state index in [1.54, 1.807) is 0 Å². The number of carbonyl (C=O) groups is 1. The molecule has 1 aliphatic carbocycles. The number of carbonyl (C=O) groups excluding carboxylic acids is 1. The van der Waals surface area contributed by atoms with Crippen molar-refractivity contribution < 1.29 is 19.0 Å². The quantitative estimate of drug-likeness (QED) is 0.395. The van der Waals surface area contributed by atoms with Crippen molar-refractivity contribution in [2.24, 2.45) is 0 Å². The molecule has 1 fully saturated rings. The summed E-state index contributed by atoms with van der Waals surface area (Å²) in [5.41, 5.74) is 6.18. The van der Waals surface area contributed by atoms with Gasteiger partial charge in [0.15, 0.2) is 11.5 Å². The van der Waals surface area contributed by atoms with Crippen LogP contribution in [0.3, 0.4) is 0 Å². The topological polar surface area (TPSA) is 48.0 Å². The van der Waals surface area contributed by atoms with E-state index >= 15 is 0 Å². The van der Waals surface area contributed by atoms with Crippen LogP contribution in [-0.4, -0.2) is 30.4 Å². The summed E-state index contributed by atoms with van der Waals surface area (Å²) >= 11 is 0. The minimum absolute atomic E-state index is 0.208. The van der Waals surface area contributed by atoms with E-state index in [9.17, 15) is 4.79 Å². The fourth-order valence-electron chi connectivity index (χ4n) is 5.94. The average molecular weight is 462 g/mol. The molecule has 4 aromatic rings. The molecular formula is C30H23NO4. The molecule has 0 radical (unpaired) electrons. The van der Waals surface area contributed by atoms with Gasteiger partial charge in [0.05, 0.1) is 0 Å². The number of benzene rings is 4. The first-order chi connectivity index (χ1) is 17.3. The van der Waals surface area contributed by atoms with Gasteiger partial charge in [-0.3, -0.25) is 4.79 Å². The predicted octanol–water partition coefficient (Wildman–Crippen LogP) is 5.12. The maximum atomic E-state index is 13.3. The normalized spacial score (nSPS) is 19.3. The van der Waals surface area contributed by atoms with Crippen LogP contribution in [0.1, 0.15) is 22.3 Å². The number of rotatable bonds is 4. The Morgan fingerprint density at radius 3 is 2.14 bits per heavy atom. The molecule has 0 amide bonds. The Morgan fingerprint density at radius 2 is 1.40 bits per heavy atom. The number of hydrogen-bond acceptors (Lipinski definition) is 5. The monoisotopic (exact) mass is 461 g/mol. The summed E-state index contributed by atoms with van der Waals surface area (Å²) in [6.45, 7) is 0.437. The van der Waals surface area contributed by atoms with Gasteiger partial charge < -0.3 is 14.2 Å². The summed E-state index contributed by atoms with van der Waals surface area (Å²) in [6.07, 6.45) is 0.508. The minimum Gasteiger partial charge on any atom is -0.454 e. The Bertz CT molecular complexity index is 1400. The van der Waals surface area contributed by atoms with Gasteiger partial charge in [0, 0.05) is 0 Å². The Labute approximate surface area is 203 Å². The summed E-state index contributed by atoms with van der Waals surface area (Å²) in [4.78, 5) is 15.5. The molecule has 172 valence electrons. The third kappa shape index (κ3) is 2.88. The van der Waals surface area contributed by atoms with Crippen molar-refractivity contribution in [2.75, 3.05) is 13.5 Å². The molecule has 0 spiro atoms. The van der Waals surface area contributed by atoms with E-state index in [4.69, 9.17) is 14.2 Å². The molecule has 7 rings (SSSR count). The summed E-state index contributed by atoms with van der Waals surface area (Å²) in [7, 11) is 0. The highest BCUT2D eigenvalue weighted by atomic mass is 16.7. The van der Waals surface area contributed by atoms with E-state index in [1.165, 1.54) is 22.3 Å². The predicted molar refractivity (Wildman–Crippen MR) is 131 cm³/mol. The number of esters is 1. The number of hydrogen-bond donors (Lipinski definition) is 0. The summed E-state index contributed by atoms with van der Waals surface area (Å²) in [6, 6.07) is 32.9. The van der Waals surface area contributed by atoms with Crippen molar-refractivity contribution >= 4 is 5.97 Å². The zero-order valence-electron chi connectivity index (χ0n) is 19.0. The molecule has 35 heavy (non-hydrogen) atoms. The largest absolute Gasteiger partial charge is 0.454 e. The maximum absolute atomic E-state index is 13.3. The van der Waals surface area contributed by atoms with Crippen LogP contribution in [0.25, 0.3) is 11.1 Å². The van der Waals surface area contributed by atoms with Crippen molar-refractivity contribution in [3.05, 3.63) is 119 Å². The number of fused-ring (bicyclic) bond motifs is 4. The first-order valence-electron chi connectivity index (χ1n) is 11.8. The smallest absolute Gasteiger partial charge is 0.325 e. The van der Waals surface area contributed by atoms with E-state index in [2.05, 4.69) is 77.7 Å². The highest BCUT2D eigenvalue weighted by Crippen LogP contribution is 2.55. The highest BCUT2D eigenvalue weighted by Gasteiger charge is 2.55. The third-order valence-corrected chi connectivity index (χ3v) is 7.41. The van der Waals surface area contributed by atoms with Crippen LogP contribution in [0.5, 0.6) is 11.5 Å². The van der Waals surface area contributed by atoms with Gasteiger partial charge in [-0.05, 0) is 51.9 Å². The van der Waals surface area contributed by atoms with E-state index < -0.39 is 11.6 Å². The Kier molecular flexibility index (Phi) is 4.48. The second-order valence-electron chi connectivity index (χ2n) is 9.14. The van der Waals surface area contributed by atoms with Crippen molar-refractivity contribution in [2.45, 2.75) is 18.0 Å². The van der Waals surface area contributed by atoms with Gasteiger partial charge in [0.2, 0.25) is 6.79 Å². The zero-order valence-corrected chi connectivity index (χ0v) is 19.0. The van der Waals surface area contributed by atoms with Crippen LogP contribution in [0.15, 0.2) is 97.1 Å². The zero-order chi connectivity index (χ0) is 23.4. The first kappa shape index (κ1) is 20.3. The molecule has 0 bridgehead atoms. The van der Waals surface area contributed by atoms with E-state index in [0.717, 1.165) is 22.6 Å². The molecule has 0 saturated carbocycles. The molecule has 1 unspecified atom stereocenters. The van der Waals surface area contributed by atoms with Crippen molar-refractivity contribution in [3.8, 4) is 22.6 Å². The lowest BCUT2D eigenvalue weighted by Gasteiger charge is -2.42. The fraction of sp³-hybridized carbons (Fsp3) is 0.167. The molecule has 3 aliphatic rings. The van der Waals surface area contributed by atoms with Crippen molar-refractivity contribution in [1.82, 2.24) is 4.90 Å². The third-order valence-electron chi connectivity index (χ3n) is 7.41. The molecule has 5 nitrogen and oxygen atoms in total. The molecule has 0 aromatic heterocycles.